The summed E-state index contributed by atoms with van der Waals surface area (Å²) in [5, 5.41) is 0. The maximum absolute atomic E-state index is 13.6. The van der Waals surface area contributed by atoms with Crippen molar-refractivity contribution in [2.45, 2.75) is 0 Å². The van der Waals surface area contributed by atoms with Gasteiger partial charge in [0, 0.05) is 17.3 Å². The second kappa shape index (κ2) is 4.41. The van der Waals surface area contributed by atoms with Gasteiger partial charge in [-0.25, -0.2) is 8.78 Å². The van der Waals surface area contributed by atoms with Gasteiger partial charge in [-0.2, -0.15) is 0 Å². The zero-order valence-corrected chi connectivity index (χ0v) is 9.21. The molecule has 0 atom stereocenters. The number of benzene rings is 2. The normalized spacial score (nSPS) is 10.3. The molecule has 88 valence electrons. The van der Waals surface area contributed by atoms with E-state index in [-0.39, 0.29) is 5.56 Å². The Balaban J connectivity index is 2.59. The second-order valence-corrected chi connectivity index (χ2v) is 3.62. The lowest BCUT2D eigenvalue weighted by atomic mass is 10.0. The summed E-state index contributed by atoms with van der Waals surface area (Å²) in [5.41, 5.74) is 6.75. The van der Waals surface area contributed by atoms with Gasteiger partial charge in [-0.05, 0) is 35.9 Å². The Morgan fingerprint density at radius 3 is 2.53 bits per heavy atom. The van der Waals surface area contributed by atoms with Crippen molar-refractivity contribution < 1.29 is 13.5 Å². The molecule has 17 heavy (non-hydrogen) atoms. The lowest BCUT2D eigenvalue weighted by Gasteiger charge is -2.08. The number of halogens is 2. The van der Waals surface area contributed by atoms with Gasteiger partial charge < -0.3 is 10.5 Å². The molecule has 0 fully saturated rings. The third kappa shape index (κ3) is 2.36. The highest BCUT2D eigenvalue weighted by molar-refractivity contribution is 5.70. The summed E-state index contributed by atoms with van der Waals surface area (Å²) >= 11 is 0. The molecule has 0 aromatic heterocycles. The zero-order chi connectivity index (χ0) is 12.4. The van der Waals surface area contributed by atoms with E-state index in [0.717, 1.165) is 18.2 Å². The van der Waals surface area contributed by atoms with Crippen LogP contribution in [0.25, 0.3) is 11.1 Å². The molecular formula is C13H11F2NO. The topological polar surface area (TPSA) is 35.2 Å². The van der Waals surface area contributed by atoms with Crippen LogP contribution in [0.4, 0.5) is 14.5 Å². The lowest BCUT2D eigenvalue weighted by Crippen LogP contribution is -1.92. The SMILES string of the molecule is COc1cc(N)cc(-c2cc(F)ccc2F)c1. The molecule has 0 bridgehead atoms. The minimum Gasteiger partial charge on any atom is -0.497 e. The van der Waals surface area contributed by atoms with E-state index in [0.29, 0.717) is 17.0 Å². The van der Waals surface area contributed by atoms with Crippen molar-refractivity contribution in [3.8, 4) is 16.9 Å². The van der Waals surface area contributed by atoms with Crippen LogP contribution in [0, 0.1) is 11.6 Å². The largest absolute Gasteiger partial charge is 0.497 e. The van der Waals surface area contributed by atoms with Crippen LogP contribution in [-0.4, -0.2) is 7.11 Å². The number of nitrogens with two attached hydrogens (primary N) is 1. The zero-order valence-electron chi connectivity index (χ0n) is 9.21. The first-order valence-electron chi connectivity index (χ1n) is 5.00. The van der Waals surface area contributed by atoms with Gasteiger partial charge in [-0.1, -0.05) is 0 Å². The summed E-state index contributed by atoms with van der Waals surface area (Å²) in [5.74, 6) is -0.495. The first-order chi connectivity index (χ1) is 8.10. The number of ether oxygens (including phenoxy) is 1. The number of nitrogen functional groups attached to an aromatic ring is 1. The predicted octanol–water partition coefficient (Wildman–Crippen LogP) is 3.22. The Hall–Kier alpha value is -2.10. The number of methoxy groups -OCH3 is 1. The van der Waals surface area contributed by atoms with Crippen LogP contribution in [0.3, 0.4) is 0 Å². The first kappa shape index (κ1) is 11.4. The van der Waals surface area contributed by atoms with E-state index in [4.69, 9.17) is 10.5 Å². The van der Waals surface area contributed by atoms with Crippen LogP contribution >= 0.6 is 0 Å². The molecule has 4 heteroatoms. The molecular weight excluding hydrogens is 224 g/mol. The highest BCUT2D eigenvalue weighted by Crippen LogP contribution is 2.29. The van der Waals surface area contributed by atoms with Gasteiger partial charge in [0.2, 0.25) is 0 Å². The van der Waals surface area contributed by atoms with Gasteiger partial charge in [0.05, 0.1) is 7.11 Å². The van der Waals surface area contributed by atoms with Crippen LogP contribution < -0.4 is 10.5 Å². The Labute approximate surface area is 97.6 Å². The van der Waals surface area contributed by atoms with Gasteiger partial charge in [0.15, 0.2) is 0 Å². The summed E-state index contributed by atoms with van der Waals surface area (Å²) < 4.78 is 31.7. The lowest BCUT2D eigenvalue weighted by molar-refractivity contribution is 0.415. The summed E-state index contributed by atoms with van der Waals surface area (Å²) in [6, 6.07) is 8.07. The highest BCUT2D eigenvalue weighted by Gasteiger charge is 2.08. The van der Waals surface area contributed by atoms with E-state index < -0.39 is 11.6 Å². The van der Waals surface area contributed by atoms with E-state index >= 15 is 0 Å². The molecule has 0 radical (unpaired) electrons. The summed E-state index contributed by atoms with van der Waals surface area (Å²) in [6.45, 7) is 0. The third-order valence-corrected chi connectivity index (χ3v) is 2.40. The Kier molecular flexibility index (Phi) is 2.95. The van der Waals surface area contributed by atoms with Crippen LogP contribution in [-0.2, 0) is 0 Å². The fraction of sp³-hybridized carbons (Fsp3) is 0.0769. The van der Waals surface area contributed by atoms with Crippen molar-refractivity contribution in [1.82, 2.24) is 0 Å². The summed E-state index contributed by atoms with van der Waals surface area (Å²) in [7, 11) is 1.49. The van der Waals surface area contributed by atoms with Gasteiger partial charge >= 0.3 is 0 Å². The fourth-order valence-electron chi connectivity index (χ4n) is 1.61. The minimum atomic E-state index is -0.501. The maximum Gasteiger partial charge on any atom is 0.131 e. The van der Waals surface area contributed by atoms with Crippen LogP contribution in [0.15, 0.2) is 36.4 Å². The molecule has 0 spiro atoms. The number of hydrogen-bond donors (Lipinski definition) is 1. The molecule has 2 rings (SSSR count). The van der Waals surface area contributed by atoms with E-state index in [1.165, 1.54) is 7.11 Å². The molecule has 0 amide bonds. The maximum atomic E-state index is 13.6. The van der Waals surface area contributed by atoms with Crippen LogP contribution in [0.2, 0.25) is 0 Å². The number of anilines is 1. The predicted molar refractivity (Wildman–Crippen MR) is 62.8 cm³/mol. The molecule has 2 N–H and O–H groups in total. The average molecular weight is 235 g/mol. The fourth-order valence-corrected chi connectivity index (χ4v) is 1.61. The van der Waals surface area contributed by atoms with Gasteiger partial charge in [-0.15, -0.1) is 0 Å². The van der Waals surface area contributed by atoms with Crippen molar-refractivity contribution in [2.24, 2.45) is 0 Å². The first-order valence-corrected chi connectivity index (χ1v) is 5.00. The molecule has 2 nitrogen and oxygen atoms in total. The highest BCUT2D eigenvalue weighted by atomic mass is 19.1. The van der Waals surface area contributed by atoms with Crippen molar-refractivity contribution in [3.05, 3.63) is 48.0 Å². The quantitative estimate of drug-likeness (QED) is 0.811. The molecule has 2 aromatic rings. The van der Waals surface area contributed by atoms with Crippen molar-refractivity contribution in [1.29, 1.82) is 0 Å². The average Bonchev–Trinajstić information content (AvgIpc) is 2.31. The Morgan fingerprint density at radius 1 is 1.06 bits per heavy atom. The Morgan fingerprint density at radius 2 is 1.82 bits per heavy atom. The van der Waals surface area contributed by atoms with Crippen molar-refractivity contribution in [3.63, 3.8) is 0 Å². The molecule has 0 heterocycles. The van der Waals surface area contributed by atoms with E-state index in [9.17, 15) is 8.78 Å². The minimum absolute atomic E-state index is 0.163. The molecule has 0 saturated carbocycles. The van der Waals surface area contributed by atoms with Gasteiger partial charge in [0.1, 0.15) is 17.4 Å². The number of rotatable bonds is 2. The van der Waals surface area contributed by atoms with Crippen molar-refractivity contribution in [2.75, 3.05) is 12.8 Å². The molecule has 2 aromatic carbocycles. The molecule has 0 saturated heterocycles. The molecule has 0 aliphatic rings. The van der Waals surface area contributed by atoms with Crippen LogP contribution in [0.5, 0.6) is 5.75 Å². The number of hydrogen-bond acceptors (Lipinski definition) is 2. The van der Waals surface area contributed by atoms with E-state index in [2.05, 4.69) is 0 Å². The molecule has 0 unspecified atom stereocenters. The molecule has 0 aliphatic heterocycles. The Bertz CT molecular complexity index is 555. The summed E-state index contributed by atoms with van der Waals surface area (Å²) in [6.07, 6.45) is 0. The standard InChI is InChI=1S/C13H11F2NO/c1-17-11-5-8(4-10(16)7-11)12-6-9(14)2-3-13(12)15/h2-7H,16H2,1H3. The van der Waals surface area contributed by atoms with E-state index in [1.807, 2.05) is 0 Å². The van der Waals surface area contributed by atoms with Crippen molar-refractivity contribution >= 4 is 5.69 Å². The molecule has 0 aliphatic carbocycles. The van der Waals surface area contributed by atoms with Crippen LogP contribution in [0.1, 0.15) is 0 Å². The third-order valence-electron chi connectivity index (χ3n) is 2.40. The second-order valence-electron chi connectivity index (χ2n) is 3.62. The van der Waals surface area contributed by atoms with E-state index in [1.54, 1.807) is 18.2 Å². The van der Waals surface area contributed by atoms with Gasteiger partial charge in [0.25, 0.3) is 0 Å². The monoisotopic (exact) mass is 235 g/mol. The smallest absolute Gasteiger partial charge is 0.131 e. The van der Waals surface area contributed by atoms with Gasteiger partial charge in [-0.3, -0.25) is 0 Å². The summed E-state index contributed by atoms with van der Waals surface area (Å²) in [4.78, 5) is 0.